The van der Waals surface area contributed by atoms with Gasteiger partial charge in [0.05, 0.1) is 0 Å². The maximum atomic E-state index is 11.7. The fourth-order valence-electron chi connectivity index (χ4n) is 1.37. The van der Waals surface area contributed by atoms with Crippen LogP contribution in [0.25, 0.3) is 0 Å². The number of hydrogen-bond acceptors (Lipinski definition) is 3. The third-order valence-corrected chi connectivity index (χ3v) is 2.25. The van der Waals surface area contributed by atoms with Crippen LogP contribution in [0, 0.1) is 13.8 Å². The summed E-state index contributed by atoms with van der Waals surface area (Å²) in [5.74, 6) is 0.362. The van der Waals surface area contributed by atoms with Crippen molar-refractivity contribution in [3.8, 4) is 0 Å². The van der Waals surface area contributed by atoms with E-state index in [0.717, 1.165) is 11.3 Å². The van der Waals surface area contributed by atoms with E-state index in [1.807, 2.05) is 31.2 Å². The number of nitrogens with zero attached hydrogens (tertiary/aromatic N) is 1. The summed E-state index contributed by atoms with van der Waals surface area (Å²) in [7, 11) is 0. The van der Waals surface area contributed by atoms with Crippen LogP contribution in [0.5, 0.6) is 0 Å². The molecular weight excluding hydrogens is 204 g/mol. The first kappa shape index (κ1) is 10.4. The van der Waals surface area contributed by atoms with Crippen LogP contribution in [0.1, 0.15) is 21.8 Å². The van der Waals surface area contributed by atoms with Gasteiger partial charge in [-0.1, -0.05) is 23.4 Å². The standard InChI is InChI=1S/C12H12N2O2/c1-8-5-3-4-6-10(8)13-12(15)11-7-9(2)16-14-11/h3-7H,1-2H3,(H,13,15). The van der Waals surface area contributed by atoms with Crippen LogP contribution < -0.4 is 5.32 Å². The molecule has 1 heterocycles. The van der Waals surface area contributed by atoms with Crippen molar-refractivity contribution in [2.24, 2.45) is 0 Å². The Morgan fingerprint density at radius 3 is 2.69 bits per heavy atom. The minimum Gasteiger partial charge on any atom is -0.361 e. The van der Waals surface area contributed by atoms with Crippen LogP contribution in [-0.2, 0) is 0 Å². The number of para-hydroxylation sites is 1. The second kappa shape index (κ2) is 4.18. The molecule has 1 N–H and O–H groups in total. The van der Waals surface area contributed by atoms with Gasteiger partial charge < -0.3 is 9.84 Å². The molecule has 2 aromatic rings. The van der Waals surface area contributed by atoms with Gasteiger partial charge in [-0.25, -0.2) is 0 Å². The Hall–Kier alpha value is -2.10. The summed E-state index contributed by atoms with van der Waals surface area (Å²) in [4.78, 5) is 11.7. The lowest BCUT2D eigenvalue weighted by Gasteiger charge is -2.05. The molecule has 0 aliphatic rings. The van der Waals surface area contributed by atoms with Crippen LogP contribution in [0.15, 0.2) is 34.9 Å². The fourth-order valence-corrected chi connectivity index (χ4v) is 1.37. The highest BCUT2D eigenvalue weighted by atomic mass is 16.5. The zero-order chi connectivity index (χ0) is 11.5. The molecule has 2 rings (SSSR count). The molecule has 0 unspecified atom stereocenters. The number of rotatable bonds is 2. The minimum absolute atomic E-state index is 0.258. The lowest BCUT2D eigenvalue weighted by molar-refractivity contribution is 0.101. The molecule has 1 aromatic carbocycles. The second-order valence-corrected chi connectivity index (χ2v) is 3.59. The van der Waals surface area contributed by atoms with Crippen molar-refractivity contribution >= 4 is 11.6 Å². The number of carbonyl (C=O) groups is 1. The van der Waals surface area contributed by atoms with Gasteiger partial charge in [0.2, 0.25) is 0 Å². The quantitative estimate of drug-likeness (QED) is 0.839. The summed E-state index contributed by atoms with van der Waals surface area (Å²) >= 11 is 0. The van der Waals surface area contributed by atoms with E-state index in [9.17, 15) is 4.79 Å². The van der Waals surface area contributed by atoms with Crippen molar-refractivity contribution in [2.75, 3.05) is 5.32 Å². The molecule has 16 heavy (non-hydrogen) atoms. The van der Waals surface area contributed by atoms with E-state index in [2.05, 4.69) is 10.5 Å². The molecule has 0 bridgehead atoms. The zero-order valence-electron chi connectivity index (χ0n) is 9.15. The van der Waals surface area contributed by atoms with Gasteiger partial charge in [0.15, 0.2) is 5.69 Å². The van der Waals surface area contributed by atoms with E-state index < -0.39 is 0 Å². The van der Waals surface area contributed by atoms with Gasteiger partial charge in [0.1, 0.15) is 5.76 Å². The summed E-state index contributed by atoms with van der Waals surface area (Å²) in [5.41, 5.74) is 2.09. The average Bonchev–Trinajstić information content (AvgIpc) is 2.68. The highest BCUT2D eigenvalue weighted by molar-refractivity contribution is 6.03. The van der Waals surface area contributed by atoms with Gasteiger partial charge in [-0.2, -0.15) is 0 Å². The van der Waals surface area contributed by atoms with Crippen LogP contribution in [0.2, 0.25) is 0 Å². The molecular formula is C12H12N2O2. The third-order valence-electron chi connectivity index (χ3n) is 2.25. The largest absolute Gasteiger partial charge is 0.361 e. The lowest BCUT2D eigenvalue weighted by Crippen LogP contribution is -2.12. The number of hydrogen-bond donors (Lipinski definition) is 1. The van der Waals surface area contributed by atoms with E-state index in [4.69, 9.17) is 4.52 Å². The van der Waals surface area contributed by atoms with E-state index in [0.29, 0.717) is 11.5 Å². The number of aromatic nitrogens is 1. The van der Waals surface area contributed by atoms with E-state index in [1.54, 1.807) is 13.0 Å². The first-order valence-corrected chi connectivity index (χ1v) is 4.97. The molecule has 0 radical (unpaired) electrons. The van der Waals surface area contributed by atoms with Crippen molar-refractivity contribution in [1.82, 2.24) is 5.16 Å². The van der Waals surface area contributed by atoms with Crippen molar-refractivity contribution < 1.29 is 9.32 Å². The molecule has 1 amide bonds. The van der Waals surface area contributed by atoms with Crippen molar-refractivity contribution in [2.45, 2.75) is 13.8 Å². The molecule has 1 aromatic heterocycles. The number of amides is 1. The van der Waals surface area contributed by atoms with Gasteiger partial charge in [-0.3, -0.25) is 4.79 Å². The molecule has 0 atom stereocenters. The van der Waals surface area contributed by atoms with Gasteiger partial charge in [-0.05, 0) is 25.5 Å². The SMILES string of the molecule is Cc1cc(C(=O)Nc2ccccc2C)no1. The van der Waals surface area contributed by atoms with E-state index in [-0.39, 0.29) is 5.91 Å². The Bertz CT molecular complexity index is 517. The Morgan fingerprint density at radius 2 is 2.06 bits per heavy atom. The highest BCUT2D eigenvalue weighted by Crippen LogP contribution is 2.14. The van der Waals surface area contributed by atoms with Crippen molar-refractivity contribution in [1.29, 1.82) is 0 Å². The predicted molar refractivity (Wildman–Crippen MR) is 60.4 cm³/mol. The molecule has 0 spiro atoms. The third kappa shape index (κ3) is 2.11. The molecule has 4 nitrogen and oxygen atoms in total. The summed E-state index contributed by atoms with van der Waals surface area (Å²) < 4.78 is 4.84. The Labute approximate surface area is 93.3 Å². The summed E-state index contributed by atoms with van der Waals surface area (Å²) in [5, 5.41) is 6.43. The van der Waals surface area contributed by atoms with Gasteiger partial charge in [-0.15, -0.1) is 0 Å². The number of anilines is 1. The topological polar surface area (TPSA) is 55.1 Å². The first-order valence-electron chi connectivity index (χ1n) is 4.97. The van der Waals surface area contributed by atoms with Gasteiger partial charge >= 0.3 is 0 Å². The van der Waals surface area contributed by atoms with Crippen molar-refractivity contribution in [3.05, 3.63) is 47.3 Å². The monoisotopic (exact) mass is 216 g/mol. The zero-order valence-corrected chi connectivity index (χ0v) is 9.15. The Kier molecular flexibility index (Phi) is 2.72. The van der Waals surface area contributed by atoms with Crippen LogP contribution in [0.3, 0.4) is 0 Å². The van der Waals surface area contributed by atoms with Gasteiger partial charge in [0.25, 0.3) is 5.91 Å². The normalized spacial score (nSPS) is 10.1. The van der Waals surface area contributed by atoms with Crippen LogP contribution in [-0.4, -0.2) is 11.1 Å². The number of benzene rings is 1. The maximum absolute atomic E-state index is 11.7. The summed E-state index contributed by atoms with van der Waals surface area (Å²) in [6.07, 6.45) is 0. The predicted octanol–water partition coefficient (Wildman–Crippen LogP) is 2.54. The number of aryl methyl sites for hydroxylation is 2. The summed E-state index contributed by atoms with van der Waals surface area (Å²) in [6, 6.07) is 9.18. The molecule has 0 saturated heterocycles. The van der Waals surface area contributed by atoms with Gasteiger partial charge in [0, 0.05) is 11.8 Å². The van der Waals surface area contributed by atoms with Crippen molar-refractivity contribution in [3.63, 3.8) is 0 Å². The second-order valence-electron chi connectivity index (χ2n) is 3.59. The molecule has 0 fully saturated rings. The number of carbonyl (C=O) groups excluding carboxylic acids is 1. The molecule has 82 valence electrons. The first-order chi connectivity index (χ1) is 7.66. The molecule has 0 saturated carbocycles. The Morgan fingerprint density at radius 1 is 1.31 bits per heavy atom. The Balaban J connectivity index is 2.17. The minimum atomic E-state index is -0.258. The lowest BCUT2D eigenvalue weighted by atomic mass is 10.2. The average molecular weight is 216 g/mol. The van der Waals surface area contributed by atoms with E-state index in [1.165, 1.54) is 0 Å². The molecule has 4 heteroatoms. The van der Waals surface area contributed by atoms with Crippen LogP contribution in [0.4, 0.5) is 5.69 Å². The highest BCUT2D eigenvalue weighted by Gasteiger charge is 2.11. The molecule has 0 aliphatic heterocycles. The fraction of sp³-hybridized carbons (Fsp3) is 0.167. The van der Waals surface area contributed by atoms with Crippen LogP contribution >= 0.6 is 0 Å². The number of nitrogens with one attached hydrogen (secondary N) is 1. The van der Waals surface area contributed by atoms with E-state index >= 15 is 0 Å². The smallest absolute Gasteiger partial charge is 0.277 e. The summed E-state index contributed by atoms with van der Waals surface area (Å²) in [6.45, 7) is 3.68. The molecule has 0 aliphatic carbocycles. The maximum Gasteiger partial charge on any atom is 0.277 e.